The number of aromatic nitrogens is 4. The summed E-state index contributed by atoms with van der Waals surface area (Å²) in [5, 5.41) is 10.4. The number of aromatic amines is 1. The fraction of sp³-hybridized carbons (Fsp3) is 0.467. The van der Waals surface area contributed by atoms with Gasteiger partial charge in [-0.15, -0.1) is 0 Å². The molecule has 3 amide bonds. The number of hydrogen-bond donors (Lipinski definition) is 3. The molecule has 13 heteroatoms. The number of nitrogens with two attached hydrogens (primary N) is 1. The lowest BCUT2D eigenvalue weighted by Gasteiger charge is -2.32. The Balaban J connectivity index is 1.14. The first-order valence-corrected chi connectivity index (χ1v) is 14.7. The number of unbranched alkanes of at least 4 members (excludes halogenated alkanes) is 1. The first-order chi connectivity index (χ1) is 20.8. The number of ether oxygens (including phenoxy) is 2. The van der Waals surface area contributed by atoms with E-state index in [1.54, 1.807) is 7.11 Å². The Bertz CT molecular complexity index is 1490. The maximum absolute atomic E-state index is 12.4. The summed E-state index contributed by atoms with van der Waals surface area (Å²) in [5.74, 6) is 0.163. The van der Waals surface area contributed by atoms with Crippen LogP contribution in [0.4, 0.5) is 5.82 Å². The van der Waals surface area contributed by atoms with Crippen LogP contribution in [0.1, 0.15) is 55.8 Å². The molecule has 3 aromatic rings. The number of likely N-dealkylation sites (tertiary alicyclic amines) is 1. The van der Waals surface area contributed by atoms with Crippen LogP contribution in [0.3, 0.4) is 0 Å². The van der Waals surface area contributed by atoms with Crippen LogP contribution in [-0.4, -0.2) is 87.1 Å². The second kappa shape index (κ2) is 13.6. The lowest BCUT2D eigenvalue weighted by atomic mass is 10.0. The number of nitrogen functional groups attached to an aromatic ring is 1. The average Bonchev–Trinajstić information content (AvgIpc) is 3.55. The van der Waals surface area contributed by atoms with E-state index in [1.807, 2.05) is 0 Å². The highest BCUT2D eigenvalue weighted by Gasteiger charge is 2.25. The number of imide groups is 1. The minimum absolute atomic E-state index is 0.0726. The third-order valence-electron chi connectivity index (χ3n) is 7.75. The number of rotatable bonds is 13. The van der Waals surface area contributed by atoms with Gasteiger partial charge in [0.25, 0.3) is 11.8 Å². The van der Waals surface area contributed by atoms with E-state index in [9.17, 15) is 14.4 Å². The molecule has 0 radical (unpaired) electrons. The number of nitrogens with one attached hydrogen (secondary N) is 2. The van der Waals surface area contributed by atoms with Crippen LogP contribution in [0, 0.1) is 0 Å². The summed E-state index contributed by atoms with van der Waals surface area (Å²) in [7, 11) is 1.66. The number of fused-ring (bicyclic) bond motifs is 1. The van der Waals surface area contributed by atoms with Crippen LogP contribution in [0.5, 0.6) is 11.8 Å². The van der Waals surface area contributed by atoms with Crippen molar-refractivity contribution in [3.8, 4) is 11.8 Å². The highest BCUT2D eigenvalue weighted by atomic mass is 16.5. The third kappa shape index (κ3) is 7.28. The summed E-state index contributed by atoms with van der Waals surface area (Å²) in [5.41, 5.74) is 10.2. The van der Waals surface area contributed by atoms with Gasteiger partial charge < -0.3 is 20.5 Å². The quantitative estimate of drug-likeness (QED) is 0.198. The second-order valence-corrected chi connectivity index (χ2v) is 10.8. The molecule has 228 valence electrons. The van der Waals surface area contributed by atoms with Gasteiger partial charge in [-0.2, -0.15) is 15.1 Å². The highest BCUT2D eigenvalue weighted by Crippen LogP contribution is 2.28. The molecule has 4 N–H and O–H groups in total. The van der Waals surface area contributed by atoms with Crippen molar-refractivity contribution in [2.45, 2.75) is 58.0 Å². The Morgan fingerprint density at radius 3 is 2.63 bits per heavy atom. The number of methoxy groups -OCH3 is 1. The lowest BCUT2D eigenvalue weighted by molar-refractivity contribution is -0.137. The van der Waals surface area contributed by atoms with Crippen molar-refractivity contribution < 1.29 is 23.9 Å². The molecule has 13 nitrogen and oxygen atoms in total. The highest BCUT2D eigenvalue weighted by molar-refractivity contribution is 6.13. The van der Waals surface area contributed by atoms with Crippen LogP contribution in [0.15, 0.2) is 30.4 Å². The summed E-state index contributed by atoms with van der Waals surface area (Å²) in [4.78, 5) is 48.0. The number of carbonyl (C=O) groups is 3. The standard InChI is InChI=1S/C30H38N8O5/c1-3-4-15-43-30-33-27-22(35-36-28(27)29(31)34-30)17-20-6-5-19(16-23(20)42-2)18-37-12-9-21(10-13-37)32-24(39)11-14-38-25(40)7-8-26(38)41/h5-8,16,21H,3-4,9-15,17-18H2,1-2H3,(H,32,39)(H,35,36)(H2,31,33,34). The fourth-order valence-corrected chi connectivity index (χ4v) is 5.33. The first kappa shape index (κ1) is 30.0. The van der Waals surface area contributed by atoms with Gasteiger partial charge in [-0.05, 0) is 30.9 Å². The molecule has 43 heavy (non-hydrogen) atoms. The summed E-state index contributed by atoms with van der Waals surface area (Å²) in [6.45, 7) is 5.16. The van der Waals surface area contributed by atoms with E-state index in [1.165, 1.54) is 12.2 Å². The molecule has 4 heterocycles. The molecule has 0 spiro atoms. The van der Waals surface area contributed by atoms with Gasteiger partial charge in [0.1, 0.15) is 11.3 Å². The largest absolute Gasteiger partial charge is 0.496 e. The molecule has 2 aliphatic rings. The minimum Gasteiger partial charge on any atom is -0.496 e. The Hall–Kier alpha value is -4.52. The lowest BCUT2D eigenvalue weighted by Crippen LogP contribution is -2.45. The number of carbonyl (C=O) groups excluding carboxylic acids is 3. The number of benzene rings is 1. The molecule has 0 saturated carbocycles. The van der Waals surface area contributed by atoms with E-state index >= 15 is 0 Å². The van der Waals surface area contributed by atoms with Crippen molar-refractivity contribution in [2.24, 2.45) is 0 Å². The smallest absolute Gasteiger partial charge is 0.319 e. The normalized spacial score (nSPS) is 15.9. The predicted octanol–water partition coefficient (Wildman–Crippen LogP) is 2.11. The Morgan fingerprint density at radius 1 is 1.14 bits per heavy atom. The van der Waals surface area contributed by atoms with Crippen LogP contribution in [0.2, 0.25) is 0 Å². The molecule has 1 fully saturated rings. The predicted molar refractivity (Wildman–Crippen MR) is 159 cm³/mol. The molecule has 0 atom stereocenters. The van der Waals surface area contributed by atoms with Gasteiger partial charge in [0, 0.05) is 62.8 Å². The molecule has 0 aliphatic carbocycles. The second-order valence-electron chi connectivity index (χ2n) is 10.8. The topological polar surface area (TPSA) is 169 Å². The van der Waals surface area contributed by atoms with Gasteiger partial charge in [0.2, 0.25) is 5.91 Å². The van der Waals surface area contributed by atoms with Crippen LogP contribution in [-0.2, 0) is 27.3 Å². The summed E-state index contributed by atoms with van der Waals surface area (Å²) in [6, 6.07) is 6.54. The van der Waals surface area contributed by atoms with Gasteiger partial charge in [0.15, 0.2) is 11.3 Å². The monoisotopic (exact) mass is 590 g/mol. The van der Waals surface area contributed by atoms with E-state index in [-0.39, 0.29) is 48.6 Å². The van der Waals surface area contributed by atoms with Gasteiger partial charge in [-0.3, -0.25) is 29.3 Å². The zero-order chi connectivity index (χ0) is 30.3. The maximum atomic E-state index is 12.4. The number of amides is 3. The molecule has 0 bridgehead atoms. The van der Waals surface area contributed by atoms with Crippen molar-refractivity contribution >= 4 is 34.6 Å². The van der Waals surface area contributed by atoms with Crippen molar-refractivity contribution in [3.05, 3.63) is 47.2 Å². The van der Waals surface area contributed by atoms with Crippen molar-refractivity contribution in [3.63, 3.8) is 0 Å². The number of anilines is 1. The molecule has 2 aromatic heterocycles. The van der Waals surface area contributed by atoms with E-state index in [0.717, 1.165) is 72.8 Å². The molecule has 2 aliphatic heterocycles. The molecular formula is C30H38N8O5. The van der Waals surface area contributed by atoms with Crippen LogP contribution >= 0.6 is 0 Å². The van der Waals surface area contributed by atoms with E-state index in [4.69, 9.17) is 15.2 Å². The van der Waals surface area contributed by atoms with E-state index in [2.05, 4.69) is 55.5 Å². The molecular weight excluding hydrogens is 552 g/mol. The van der Waals surface area contributed by atoms with Crippen molar-refractivity contribution in [2.75, 3.05) is 39.1 Å². The zero-order valence-corrected chi connectivity index (χ0v) is 24.6. The Kier molecular flexibility index (Phi) is 9.50. The summed E-state index contributed by atoms with van der Waals surface area (Å²) < 4.78 is 11.4. The van der Waals surface area contributed by atoms with Crippen LogP contribution in [0.25, 0.3) is 11.0 Å². The molecule has 5 rings (SSSR count). The molecule has 0 unspecified atom stereocenters. The Morgan fingerprint density at radius 2 is 1.91 bits per heavy atom. The van der Waals surface area contributed by atoms with Crippen molar-refractivity contribution in [1.29, 1.82) is 0 Å². The van der Waals surface area contributed by atoms with Gasteiger partial charge in [-0.1, -0.05) is 25.5 Å². The van der Waals surface area contributed by atoms with E-state index in [0.29, 0.717) is 24.1 Å². The number of hydrogen-bond acceptors (Lipinski definition) is 10. The summed E-state index contributed by atoms with van der Waals surface area (Å²) >= 11 is 0. The van der Waals surface area contributed by atoms with Gasteiger partial charge in [0.05, 0.1) is 19.4 Å². The molecule has 1 saturated heterocycles. The third-order valence-corrected chi connectivity index (χ3v) is 7.75. The number of piperidine rings is 1. The van der Waals surface area contributed by atoms with Crippen LogP contribution < -0.4 is 20.5 Å². The zero-order valence-electron chi connectivity index (χ0n) is 24.6. The SMILES string of the molecule is CCCCOc1nc(N)c2n[nH]c(Cc3ccc(CN4CCC(NC(=O)CCN5C(=O)C=CC5=O)CC4)cc3OC)c2n1. The molecule has 1 aromatic carbocycles. The van der Waals surface area contributed by atoms with Gasteiger partial charge >= 0.3 is 6.01 Å². The summed E-state index contributed by atoms with van der Waals surface area (Å²) in [6.07, 6.45) is 6.65. The first-order valence-electron chi connectivity index (χ1n) is 14.7. The number of H-pyrrole nitrogens is 1. The van der Waals surface area contributed by atoms with Crippen molar-refractivity contribution in [1.82, 2.24) is 35.3 Å². The average molecular weight is 591 g/mol. The maximum Gasteiger partial charge on any atom is 0.319 e. The number of nitrogens with zero attached hydrogens (tertiary/aromatic N) is 5. The fourth-order valence-electron chi connectivity index (χ4n) is 5.33. The minimum atomic E-state index is -0.368. The van der Waals surface area contributed by atoms with Gasteiger partial charge in [-0.25, -0.2) is 0 Å². The van der Waals surface area contributed by atoms with E-state index < -0.39 is 0 Å². The Labute approximate surface area is 249 Å².